The number of thiazole rings is 1. The summed E-state index contributed by atoms with van der Waals surface area (Å²) in [4.78, 5) is 30.7. The first-order valence-corrected chi connectivity index (χ1v) is 8.57. The van der Waals surface area contributed by atoms with Crippen LogP contribution in [0.2, 0.25) is 0 Å². The molecule has 6 nitrogen and oxygen atoms in total. The van der Waals surface area contributed by atoms with Gasteiger partial charge in [0.1, 0.15) is 5.75 Å². The van der Waals surface area contributed by atoms with Crippen molar-refractivity contribution in [2.24, 2.45) is 0 Å². The molecule has 7 heteroatoms. The number of rotatable bonds is 4. The Morgan fingerprint density at radius 1 is 1.38 bits per heavy atom. The second-order valence-electron chi connectivity index (χ2n) is 5.69. The predicted octanol–water partition coefficient (Wildman–Crippen LogP) is 2.37. The number of aromatic nitrogens is 1. The van der Waals surface area contributed by atoms with E-state index in [-0.39, 0.29) is 18.4 Å². The molecule has 2 heterocycles. The van der Waals surface area contributed by atoms with Crippen molar-refractivity contribution >= 4 is 28.3 Å². The number of para-hydroxylation sites is 1. The molecule has 24 heavy (non-hydrogen) atoms. The Kier molecular flexibility index (Phi) is 4.80. The molecule has 1 aromatic carbocycles. The maximum atomic E-state index is 12.4. The van der Waals surface area contributed by atoms with Gasteiger partial charge in [0.15, 0.2) is 11.7 Å². The van der Waals surface area contributed by atoms with Crippen LogP contribution in [-0.2, 0) is 22.6 Å². The van der Waals surface area contributed by atoms with Gasteiger partial charge in [-0.25, -0.2) is 4.98 Å². The van der Waals surface area contributed by atoms with Crippen molar-refractivity contribution in [1.29, 1.82) is 0 Å². The normalized spacial score (nSPS) is 13.3. The van der Waals surface area contributed by atoms with Gasteiger partial charge in [-0.15, -0.1) is 0 Å². The number of anilines is 1. The Balaban J connectivity index is 1.60. The molecule has 0 bridgehead atoms. The topological polar surface area (TPSA) is 71.5 Å². The molecule has 0 saturated carbocycles. The number of fused-ring (bicyclic) bond motifs is 1. The number of nitrogens with zero attached hydrogens (tertiary/aromatic N) is 2. The van der Waals surface area contributed by atoms with Gasteiger partial charge in [-0.3, -0.25) is 9.59 Å². The molecule has 2 amide bonds. The minimum atomic E-state index is -0.138. The van der Waals surface area contributed by atoms with Crippen molar-refractivity contribution < 1.29 is 14.3 Å². The van der Waals surface area contributed by atoms with Crippen LogP contribution < -0.4 is 10.1 Å². The highest BCUT2D eigenvalue weighted by molar-refractivity contribution is 7.15. The number of hydrogen-bond donors (Lipinski definition) is 1. The highest BCUT2D eigenvalue weighted by Crippen LogP contribution is 2.28. The van der Waals surface area contributed by atoms with E-state index in [0.717, 1.165) is 21.9 Å². The third kappa shape index (κ3) is 3.73. The van der Waals surface area contributed by atoms with E-state index in [2.05, 4.69) is 10.3 Å². The summed E-state index contributed by atoms with van der Waals surface area (Å²) in [6, 6.07) is 7.64. The Morgan fingerprint density at radius 3 is 2.92 bits per heavy atom. The van der Waals surface area contributed by atoms with Crippen LogP contribution in [0.3, 0.4) is 0 Å². The molecule has 0 radical (unpaired) electrons. The molecule has 0 fully saturated rings. The van der Waals surface area contributed by atoms with Crippen molar-refractivity contribution in [3.63, 3.8) is 0 Å². The van der Waals surface area contributed by atoms with Crippen LogP contribution in [0, 0.1) is 6.92 Å². The summed E-state index contributed by atoms with van der Waals surface area (Å²) in [5, 5.41) is 3.29. The van der Waals surface area contributed by atoms with Crippen molar-refractivity contribution in [2.45, 2.75) is 26.8 Å². The highest BCUT2D eigenvalue weighted by atomic mass is 32.1. The molecule has 2 aromatic rings. The number of benzene rings is 1. The molecule has 0 spiro atoms. The van der Waals surface area contributed by atoms with Crippen LogP contribution in [0.5, 0.6) is 5.75 Å². The minimum absolute atomic E-state index is 0.0253. The van der Waals surface area contributed by atoms with Crippen LogP contribution in [0.15, 0.2) is 24.3 Å². The second-order valence-corrected chi connectivity index (χ2v) is 6.77. The lowest BCUT2D eigenvalue weighted by molar-refractivity contribution is -0.134. The molecule has 126 valence electrons. The van der Waals surface area contributed by atoms with Gasteiger partial charge >= 0.3 is 0 Å². The number of hydrogen-bond acceptors (Lipinski definition) is 5. The molecular weight excluding hydrogens is 326 g/mol. The molecule has 1 N–H and O–H groups in total. The number of aryl methyl sites for hydroxylation is 1. The first-order chi connectivity index (χ1) is 11.5. The average molecular weight is 345 g/mol. The van der Waals surface area contributed by atoms with Gasteiger partial charge in [0, 0.05) is 24.8 Å². The quantitative estimate of drug-likeness (QED) is 0.923. The van der Waals surface area contributed by atoms with E-state index >= 15 is 0 Å². The molecule has 0 unspecified atom stereocenters. The monoisotopic (exact) mass is 345 g/mol. The Labute approximate surface area is 144 Å². The zero-order valence-corrected chi connectivity index (χ0v) is 14.5. The number of ether oxygens (including phenoxy) is 1. The van der Waals surface area contributed by atoms with Gasteiger partial charge in [0.2, 0.25) is 5.91 Å². The maximum absolute atomic E-state index is 12.4. The average Bonchev–Trinajstić information content (AvgIpc) is 2.94. The fraction of sp³-hybridized carbons (Fsp3) is 0.353. The van der Waals surface area contributed by atoms with Gasteiger partial charge in [-0.1, -0.05) is 29.5 Å². The summed E-state index contributed by atoms with van der Waals surface area (Å²) >= 11 is 1.42. The summed E-state index contributed by atoms with van der Waals surface area (Å²) in [6.07, 6.45) is 0.696. The Morgan fingerprint density at radius 2 is 2.17 bits per heavy atom. The molecule has 1 aliphatic rings. The van der Waals surface area contributed by atoms with Gasteiger partial charge < -0.3 is 15.0 Å². The molecule has 0 aliphatic carbocycles. The van der Waals surface area contributed by atoms with Gasteiger partial charge in [-0.05, 0) is 18.6 Å². The van der Waals surface area contributed by atoms with Crippen molar-refractivity contribution in [1.82, 2.24) is 9.88 Å². The van der Waals surface area contributed by atoms with E-state index in [9.17, 15) is 9.59 Å². The summed E-state index contributed by atoms with van der Waals surface area (Å²) in [6.45, 7) is 4.57. The number of amides is 2. The molecule has 0 atom stereocenters. The standard InChI is InChI=1S/C17H19N3O3S/c1-11-5-3-4-6-14(11)23-10-16(22)20-8-7-13-15(9-20)24-17(19-13)18-12(2)21/h3-6H,7-10H2,1-2H3,(H,18,19,21). The summed E-state index contributed by atoms with van der Waals surface area (Å²) < 4.78 is 5.64. The zero-order chi connectivity index (χ0) is 17.1. The molecular formula is C17H19N3O3S. The van der Waals surface area contributed by atoms with Crippen molar-refractivity contribution in [3.8, 4) is 5.75 Å². The van der Waals surface area contributed by atoms with E-state index in [1.54, 1.807) is 4.90 Å². The Bertz CT molecular complexity index is 772. The van der Waals surface area contributed by atoms with Gasteiger partial charge in [-0.2, -0.15) is 0 Å². The van der Waals surface area contributed by atoms with Gasteiger partial charge in [0.05, 0.1) is 12.2 Å². The number of carbonyl (C=O) groups excluding carboxylic acids is 2. The van der Waals surface area contributed by atoms with E-state index < -0.39 is 0 Å². The molecule has 3 rings (SSSR count). The lowest BCUT2D eigenvalue weighted by Crippen LogP contribution is -2.38. The SMILES string of the molecule is CC(=O)Nc1nc2c(s1)CN(C(=O)COc1ccccc1C)CC2. The minimum Gasteiger partial charge on any atom is -0.484 e. The van der Waals surface area contributed by atoms with Gasteiger partial charge in [0.25, 0.3) is 5.91 Å². The summed E-state index contributed by atoms with van der Waals surface area (Å²) in [7, 11) is 0. The zero-order valence-electron chi connectivity index (χ0n) is 13.7. The predicted molar refractivity (Wildman–Crippen MR) is 92.2 cm³/mol. The van der Waals surface area contributed by atoms with Crippen LogP contribution in [0.1, 0.15) is 23.1 Å². The van der Waals surface area contributed by atoms with E-state index in [0.29, 0.717) is 24.6 Å². The molecule has 1 aromatic heterocycles. The van der Waals surface area contributed by atoms with E-state index in [4.69, 9.17) is 4.74 Å². The van der Waals surface area contributed by atoms with Crippen molar-refractivity contribution in [3.05, 3.63) is 40.4 Å². The maximum Gasteiger partial charge on any atom is 0.260 e. The summed E-state index contributed by atoms with van der Waals surface area (Å²) in [5.74, 6) is 0.549. The fourth-order valence-corrected chi connectivity index (χ4v) is 3.63. The number of nitrogens with one attached hydrogen (secondary N) is 1. The first-order valence-electron chi connectivity index (χ1n) is 7.75. The van der Waals surface area contributed by atoms with Crippen LogP contribution in [0.4, 0.5) is 5.13 Å². The van der Waals surface area contributed by atoms with Crippen LogP contribution in [-0.4, -0.2) is 34.8 Å². The fourth-order valence-electron chi connectivity index (χ4n) is 2.56. The number of carbonyl (C=O) groups is 2. The Hall–Kier alpha value is -2.41. The lowest BCUT2D eigenvalue weighted by Gasteiger charge is -2.26. The van der Waals surface area contributed by atoms with Crippen LogP contribution >= 0.6 is 11.3 Å². The first kappa shape index (κ1) is 16.4. The highest BCUT2D eigenvalue weighted by Gasteiger charge is 2.24. The van der Waals surface area contributed by atoms with Crippen LogP contribution in [0.25, 0.3) is 0 Å². The largest absolute Gasteiger partial charge is 0.484 e. The third-order valence-corrected chi connectivity index (χ3v) is 4.81. The molecule has 0 saturated heterocycles. The molecule has 1 aliphatic heterocycles. The van der Waals surface area contributed by atoms with Crippen molar-refractivity contribution in [2.75, 3.05) is 18.5 Å². The second kappa shape index (κ2) is 7.00. The lowest BCUT2D eigenvalue weighted by atomic mass is 10.2. The summed E-state index contributed by atoms with van der Waals surface area (Å²) in [5.41, 5.74) is 1.97. The van der Waals surface area contributed by atoms with E-state index in [1.807, 2.05) is 31.2 Å². The smallest absolute Gasteiger partial charge is 0.260 e. The van der Waals surface area contributed by atoms with E-state index in [1.165, 1.54) is 18.3 Å². The third-order valence-electron chi connectivity index (χ3n) is 3.81.